The van der Waals surface area contributed by atoms with Crippen molar-refractivity contribution in [3.05, 3.63) is 41.0 Å². The normalized spacial score (nSPS) is 35.0. The molecule has 1 N–H and O–H groups in total. The van der Waals surface area contributed by atoms with Crippen molar-refractivity contribution in [2.24, 2.45) is 17.8 Å². The molecular formula is C23H35NSi. The molecule has 4 saturated carbocycles. The summed E-state index contributed by atoms with van der Waals surface area (Å²) in [6, 6.07) is 8.65. The van der Waals surface area contributed by atoms with Gasteiger partial charge in [-0.1, -0.05) is 42.9 Å². The molecule has 0 amide bonds. The third-order valence-corrected chi connectivity index (χ3v) is 8.34. The van der Waals surface area contributed by atoms with Gasteiger partial charge in [-0.3, -0.25) is 0 Å². The maximum atomic E-state index is 4.03. The SMILES string of the molecule is CC1=C(C)c2ccccc2C1.C[SiH](C)NC12CC3CC(CC(C3)C1)C2. The van der Waals surface area contributed by atoms with Crippen LogP contribution in [0.25, 0.3) is 5.57 Å². The summed E-state index contributed by atoms with van der Waals surface area (Å²) in [5, 5.41) is 0. The minimum absolute atomic E-state index is 0.579. The van der Waals surface area contributed by atoms with Crippen molar-refractivity contribution in [1.82, 2.24) is 4.98 Å². The zero-order chi connectivity index (χ0) is 17.6. The Morgan fingerprint density at radius 2 is 1.48 bits per heavy atom. The first-order chi connectivity index (χ1) is 11.9. The monoisotopic (exact) mass is 353 g/mol. The van der Waals surface area contributed by atoms with Crippen LogP contribution in [0.15, 0.2) is 29.8 Å². The number of hydrogen-bond acceptors (Lipinski definition) is 1. The van der Waals surface area contributed by atoms with Crippen LogP contribution in [-0.2, 0) is 6.42 Å². The summed E-state index contributed by atoms with van der Waals surface area (Å²) in [5.74, 6) is 3.30. The van der Waals surface area contributed by atoms with Gasteiger partial charge in [-0.2, -0.15) is 0 Å². The van der Waals surface area contributed by atoms with Crippen molar-refractivity contribution in [2.45, 2.75) is 77.4 Å². The third kappa shape index (κ3) is 3.53. The van der Waals surface area contributed by atoms with Gasteiger partial charge < -0.3 is 4.98 Å². The predicted octanol–water partition coefficient (Wildman–Crippen LogP) is 5.56. The fraction of sp³-hybridized carbons (Fsp3) is 0.652. The minimum atomic E-state index is -0.579. The second-order valence-electron chi connectivity index (χ2n) is 9.74. The summed E-state index contributed by atoms with van der Waals surface area (Å²) in [6.07, 6.45) is 10.4. The van der Waals surface area contributed by atoms with Gasteiger partial charge in [-0.25, -0.2) is 0 Å². The Bertz CT molecular complexity index is 631. The lowest BCUT2D eigenvalue weighted by atomic mass is 9.53. The van der Waals surface area contributed by atoms with E-state index in [4.69, 9.17) is 0 Å². The van der Waals surface area contributed by atoms with Crippen molar-refractivity contribution in [1.29, 1.82) is 0 Å². The van der Waals surface area contributed by atoms with Gasteiger partial charge in [0, 0.05) is 5.54 Å². The van der Waals surface area contributed by atoms with E-state index in [0.717, 1.165) is 24.2 Å². The van der Waals surface area contributed by atoms with Crippen molar-refractivity contribution in [3.8, 4) is 0 Å². The molecule has 4 fully saturated rings. The smallest absolute Gasteiger partial charge is 0.103 e. The molecule has 0 aromatic heterocycles. The van der Waals surface area contributed by atoms with Crippen LogP contribution in [-0.4, -0.2) is 14.5 Å². The van der Waals surface area contributed by atoms with Gasteiger partial charge in [0.1, 0.15) is 8.96 Å². The highest BCUT2D eigenvalue weighted by Gasteiger charge is 2.50. The molecule has 2 heteroatoms. The topological polar surface area (TPSA) is 12.0 Å². The maximum Gasteiger partial charge on any atom is 0.103 e. The minimum Gasteiger partial charge on any atom is -0.335 e. The van der Waals surface area contributed by atoms with E-state index in [2.05, 4.69) is 56.2 Å². The van der Waals surface area contributed by atoms with Crippen LogP contribution >= 0.6 is 0 Å². The second kappa shape index (κ2) is 6.70. The molecule has 5 aliphatic rings. The van der Waals surface area contributed by atoms with Crippen LogP contribution in [0.5, 0.6) is 0 Å². The quantitative estimate of drug-likeness (QED) is 0.686. The van der Waals surface area contributed by atoms with Crippen molar-refractivity contribution in [2.75, 3.05) is 0 Å². The first kappa shape index (κ1) is 17.5. The number of nitrogens with one attached hydrogen (secondary N) is 1. The van der Waals surface area contributed by atoms with E-state index >= 15 is 0 Å². The molecule has 0 radical (unpaired) electrons. The molecular weight excluding hydrogens is 318 g/mol. The highest BCUT2D eigenvalue weighted by molar-refractivity contribution is 6.53. The van der Waals surface area contributed by atoms with E-state index in [9.17, 15) is 0 Å². The molecule has 136 valence electrons. The molecule has 1 aromatic rings. The summed E-state index contributed by atoms with van der Waals surface area (Å²) in [4.78, 5) is 4.03. The van der Waals surface area contributed by atoms with Crippen LogP contribution in [0.4, 0.5) is 0 Å². The highest BCUT2D eigenvalue weighted by Crippen LogP contribution is 2.55. The van der Waals surface area contributed by atoms with Crippen molar-refractivity contribution < 1.29 is 0 Å². The highest BCUT2D eigenvalue weighted by atomic mass is 28.3. The first-order valence-electron chi connectivity index (χ1n) is 10.5. The fourth-order valence-electron chi connectivity index (χ4n) is 6.59. The van der Waals surface area contributed by atoms with E-state index in [1.165, 1.54) is 41.5 Å². The van der Waals surface area contributed by atoms with Crippen LogP contribution in [0.3, 0.4) is 0 Å². The van der Waals surface area contributed by atoms with E-state index in [0.29, 0.717) is 5.54 Å². The summed E-state index contributed by atoms with van der Waals surface area (Å²) in [5.41, 5.74) is 6.56. The Morgan fingerprint density at radius 3 is 2.00 bits per heavy atom. The summed E-state index contributed by atoms with van der Waals surface area (Å²) in [6.45, 7) is 9.31. The molecule has 0 atom stereocenters. The average molecular weight is 354 g/mol. The standard InChI is InChI=1S/C12H23NSi.C11H12/c1-14(2)13-12-6-9-3-10(7-12)5-11(4-9)8-12;1-8-7-10-5-3-4-6-11(10)9(8)2/h9-11,13-14H,3-8H2,1-2H3;3-6H,7H2,1-2H3. The lowest BCUT2D eigenvalue weighted by Crippen LogP contribution is -2.60. The molecule has 0 spiro atoms. The summed E-state index contributed by atoms with van der Waals surface area (Å²) < 4.78 is 0. The molecule has 1 nitrogen and oxygen atoms in total. The van der Waals surface area contributed by atoms with Gasteiger partial charge in [0.15, 0.2) is 0 Å². The lowest BCUT2D eigenvalue weighted by molar-refractivity contribution is -0.00898. The van der Waals surface area contributed by atoms with Gasteiger partial charge in [-0.05, 0) is 93.2 Å². The van der Waals surface area contributed by atoms with Crippen LogP contribution in [0, 0.1) is 17.8 Å². The molecule has 0 saturated heterocycles. The predicted molar refractivity (Wildman–Crippen MR) is 111 cm³/mol. The Balaban J connectivity index is 0.000000129. The number of fused-ring (bicyclic) bond motifs is 1. The Labute approximate surface area is 156 Å². The average Bonchev–Trinajstić information content (AvgIpc) is 2.80. The number of benzene rings is 1. The molecule has 1 aromatic carbocycles. The Hall–Kier alpha value is -0.863. The largest absolute Gasteiger partial charge is 0.335 e. The van der Waals surface area contributed by atoms with Crippen molar-refractivity contribution in [3.63, 3.8) is 0 Å². The number of rotatable bonds is 2. The zero-order valence-corrected chi connectivity index (χ0v) is 17.7. The van der Waals surface area contributed by atoms with Crippen LogP contribution in [0.1, 0.15) is 63.5 Å². The van der Waals surface area contributed by atoms with E-state index < -0.39 is 8.96 Å². The van der Waals surface area contributed by atoms with Gasteiger partial charge in [-0.15, -0.1) is 0 Å². The Kier molecular flexibility index (Phi) is 4.70. The molecule has 4 bridgehead atoms. The third-order valence-electron chi connectivity index (χ3n) is 7.15. The van der Waals surface area contributed by atoms with Crippen LogP contribution < -0.4 is 4.98 Å². The second-order valence-corrected chi connectivity index (χ2v) is 12.3. The molecule has 0 heterocycles. The molecule has 5 aliphatic carbocycles. The molecule has 0 unspecified atom stereocenters. The van der Waals surface area contributed by atoms with Crippen LogP contribution in [0.2, 0.25) is 13.1 Å². The van der Waals surface area contributed by atoms with E-state index in [-0.39, 0.29) is 0 Å². The lowest BCUT2D eigenvalue weighted by Gasteiger charge is -2.57. The number of allylic oxidation sites excluding steroid dienone is 2. The zero-order valence-electron chi connectivity index (χ0n) is 16.6. The van der Waals surface area contributed by atoms with Gasteiger partial charge >= 0.3 is 0 Å². The first-order valence-corrected chi connectivity index (χ1v) is 13.3. The van der Waals surface area contributed by atoms with Gasteiger partial charge in [0.25, 0.3) is 0 Å². The molecule has 6 rings (SSSR count). The number of hydrogen-bond donors (Lipinski definition) is 1. The molecule has 25 heavy (non-hydrogen) atoms. The Morgan fingerprint density at radius 1 is 0.920 bits per heavy atom. The van der Waals surface area contributed by atoms with Gasteiger partial charge in [0.05, 0.1) is 0 Å². The summed E-state index contributed by atoms with van der Waals surface area (Å²) >= 11 is 0. The summed E-state index contributed by atoms with van der Waals surface area (Å²) in [7, 11) is -0.579. The van der Waals surface area contributed by atoms with Gasteiger partial charge in [0.2, 0.25) is 0 Å². The van der Waals surface area contributed by atoms with E-state index in [1.54, 1.807) is 19.3 Å². The molecule has 0 aliphatic heterocycles. The fourth-order valence-corrected chi connectivity index (χ4v) is 8.17. The maximum absolute atomic E-state index is 4.03. The van der Waals surface area contributed by atoms with E-state index in [1.807, 2.05) is 0 Å². The van der Waals surface area contributed by atoms with Crippen molar-refractivity contribution >= 4 is 14.5 Å².